The second kappa shape index (κ2) is 6.24. The number of aliphatic hydroxyl groups is 1. The fourth-order valence-corrected chi connectivity index (χ4v) is 2.10. The summed E-state index contributed by atoms with van der Waals surface area (Å²) in [4.78, 5) is 4.08. The van der Waals surface area contributed by atoms with Gasteiger partial charge in [-0.1, -0.05) is 30.1 Å². The van der Waals surface area contributed by atoms with Gasteiger partial charge in [-0.15, -0.1) is 0 Å². The summed E-state index contributed by atoms with van der Waals surface area (Å²) in [5.74, 6) is 0.940. The van der Waals surface area contributed by atoms with Crippen LogP contribution in [0, 0.1) is 0 Å². The van der Waals surface area contributed by atoms with E-state index in [4.69, 9.17) is 33.0 Å². The molecule has 0 spiro atoms. The average Bonchev–Trinajstić information content (AvgIpc) is 2.43. The Morgan fingerprint density at radius 1 is 1.21 bits per heavy atom. The molecule has 1 N–H and O–H groups in total. The lowest BCUT2D eigenvalue weighted by Crippen LogP contribution is -1.93. The lowest BCUT2D eigenvalue weighted by Gasteiger charge is -2.09. The Hall–Kier alpha value is -1.29. The van der Waals surface area contributed by atoms with Gasteiger partial charge >= 0.3 is 0 Å². The van der Waals surface area contributed by atoms with Crippen molar-refractivity contribution in [1.29, 1.82) is 0 Å². The third-order valence-electron chi connectivity index (χ3n) is 2.66. The molecule has 0 amide bonds. The molecule has 1 aromatic heterocycles. The Kier molecular flexibility index (Phi) is 4.64. The third kappa shape index (κ3) is 3.38. The third-order valence-corrected chi connectivity index (χ3v) is 3.30. The highest BCUT2D eigenvalue weighted by atomic mass is 35.5. The molecule has 100 valence electrons. The van der Waals surface area contributed by atoms with Crippen molar-refractivity contribution in [2.24, 2.45) is 0 Å². The first-order valence-corrected chi connectivity index (χ1v) is 6.61. The van der Waals surface area contributed by atoms with Crippen molar-refractivity contribution in [3.8, 4) is 11.6 Å². The van der Waals surface area contributed by atoms with Crippen molar-refractivity contribution in [3.63, 3.8) is 0 Å². The fraction of sp³-hybridized carbons (Fsp3) is 0.214. The standard InChI is InChI=1S/C14H13Cl2NO2/c1-2-10-6-11(3-4-12(10)15)19-14-13(16)5-9(8-18)7-17-14/h3-7,18H,2,8H2,1H3. The maximum Gasteiger partial charge on any atom is 0.238 e. The van der Waals surface area contributed by atoms with Crippen molar-refractivity contribution in [2.75, 3.05) is 0 Å². The lowest BCUT2D eigenvalue weighted by atomic mass is 10.1. The highest BCUT2D eigenvalue weighted by Crippen LogP contribution is 2.30. The van der Waals surface area contributed by atoms with Crippen LogP contribution in [0.25, 0.3) is 0 Å². The fourth-order valence-electron chi connectivity index (χ4n) is 1.62. The van der Waals surface area contributed by atoms with Gasteiger partial charge in [0.1, 0.15) is 10.8 Å². The summed E-state index contributed by atoms with van der Waals surface area (Å²) < 4.78 is 5.62. The molecule has 0 unspecified atom stereocenters. The number of hydrogen-bond donors (Lipinski definition) is 1. The topological polar surface area (TPSA) is 42.4 Å². The molecule has 2 rings (SSSR count). The summed E-state index contributed by atoms with van der Waals surface area (Å²) in [6.07, 6.45) is 2.35. The van der Waals surface area contributed by atoms with E-state index in [1.807, 2.05) is 13.0 Å². The number of nitrogens with zero attached hydrogens (tertiary/aromatic N) is 1. The van der Waals surface area contributed by atoms with Crippen LogP contribution in [0.15, 0.2) is 30.5 Å². The molecule has 0 radical (unpaired) electrons. The monoisotopic (exact) mass is 297 g/mol. The van der Waals surface area contributed by atoms with E-state index in [9.17, 15) is 0 Å². The van der Waals surface area contributed by atoms with Crippen LogP contribution >= 0.6 is 23.2 Å². The van der Waals surface area contributed by atoms with Crippen LogP contribution in [0.3, 0.4) is 0 Å². The first kappa shape index (κ1) is 14.1. The van der Waals surface area contributed by atoms with Gasteiger partial charge < -0.3 is 9.84 Å². The van der Waals surface area contributed by atoms with Crippen molar-refractivity contribution in [1.82, 2.24) is 4.98 Å². The molecule has 1 heterocycles. The van der Waals surface area contributed by atoms with Crippen molar-refractivity contribution < 1.29 is 9.84 Å². The molecular formula is C14H13Cl2NO2. The Balaban J connectivity index is 2.26. The number of hydrogen-bond acceptors (Lipinski definition) is 3. The first-order valence-electron chi connectivity index (χ1n) is 5.85. The normalized spacial score (nSPS) is 10.5. The van der Waals surface area contributed by atoms with Gasteiger partial charge in [-0.05, 0) is 41.8 Å². The predicted octanol–water partition coefficient (Wildman–Crippen LogP) is 4.24. The van der Waals surface area contributed by atoms with E-state index in [-0.39, 0.29) is 6.61 Å². The van der Waals surface area contributed by atoms with E-state index in [0.29, 0.717) is 27.2 Å². The van der Waals surface area contributed by atoms with Gasteiger partial charge in [0.2, 0.25) is 5.88 Å². The quantitative estimate of drug-likeness (QED) is 0.918. The van der Waals surface area contributed by atoms with E-state index in [1.165, 1.54) is 6.20 Å². The molecule has 3 nitrogen and oxygen atoms in total. The molecule has 0 bridgehead atoms. The first-order chi connectivity index (χ1) is 9.13. The molecule has 2 aromatic rings. The second-order valence-corrected chi connectivity index (χ2v) is 4.81. The summed E-state index contributed by atoms with van der Waals surface area (Å²) >= 11 is 12.1. The highest BCUT2D eigenvalue weighted by molar-refractivity contribution is 6.32. The smallest absolute Gasteiger partial charge is 0.238 e. The molecule has 0 aliphatic rings. The van der Waals surface area contributed by atoms with E-state index in [0.717, 1.165) is 12.0 Å². The van der Waals surface area contributed by atoms with Gasteiger partial charge in [0.05, 0.1) is 6.61 Å². The molecule has 0 saturated heterocycles. The minimum atomic E-state index is -0.103. The molecule has 0 fully saturated rings. The molecule has 19 heavy (non-hydrogen) atoms. The Morgan fingerprint density at radius 2 is 2.00 bits per heavy atom. The van der Waals surface area contributed by atoms with Crippen molar-refractivity contribution in [3.05, 3.63) is 51.6 Å². The van der Waals surface area contributed by atoms with Gasteiger partial charge in [-0.3, -0.25) is 0 Å². The highest BCUT2D eigenvalue weighted by Gasteiger charge is 2.07. The Morgan fingerprint density at radius 3 is 2.63 bits per heavy atom. The molecule has 0 saturated carbocycles. The largest absolute Gasteiger partial charge is 0.438 e. The molecule has 5 heteroatoms. The molecule has 0 aliphatic heterocycles. The summed E-state index contributed by atoms with van der Waals surface area (Å²) in [5.41, 5.74) is 1.64. The van der Waals surface area contributed by atoms with Crippen LogP contribution in [0.5, 0.6) is 11.6 Å². The van der Waals surface area contributed by atoms with Crippen LogP contribution < -0.4 is 4.74 Å². The lowest BCUT2D eigenvalue weighted by molar-refractivity contribution is 0.281. The summed E-state index contributed by atoms with van der Waals surface area (Å²) in [6.45, 7) is 1.92. The Labute approximate surface area is 121 Å². The SMILES string of the molecule is CCc1cc(Oc2ncc(CO)cc2Cl)ccc1Cl. The number of ether oxygens (including phenoxy) is 1. The number of aliphatic hydroxyl groups excluding tert-OH is 1. The summed E-state index contributed by atoms with van der Waals surface area (Å²) in [5, 5.41) is 10.1. The maximum atomic E-state index is 8.99. The minimum absolute atomic E-state index is 0.103. The van der Waals surface area contributed by atoms with Gasteiger partial charge in [0.25, 0.3) is 0 Å². The average molecular weight is 298 g/mol. The van der Waals surface area contributed by atoms with Gasteiger partial charge in [0.15, 0.2) is 0 Å². The van der Waals surface area contributed by atoms with E-state index in [2.05, 4.69) is 4.98 Å². The molecule has 0 aliphatic carbocycles. The van der Waals surface area contributed by atoms with Gasteiger partial charge in [-0.2, -0.15) is 0 Å². The number of pyridine rings is 1. The number of aromatic nitrogens is 1. The number of rotatable bonds is 4. The van der Waals surface area contributed by atoms with Gasteiger partial charge in [0, 0.05) is 11.2 Å². The Bertz CT molecular complexity index is 588. The number of benzene rings is 1. The molecular weight excluding hydrogens is 285 g/mol. The van der Waals surface area contributed by atoms with E-state index < -0.39 is 0 Å². The second-order valence-electron chi connectivity index (χ2n) is 4.00. The van der Waals surface area contributed by atoms with E-state index in [1.54, 1.807) is 18.2 Å². The van der Waals surface area contributed by atoms with Gasteiger partial charge in [-0.25, -0.2) is 4.98 Å². The van der Waals surface area contributed by atoms with Crippen LogP contribution in [0.4, 0.5) is 0 Å². The maximum absolute atomic E-state index is 8.99. The molecule has 0 atom stereocenters. The van der Waals surface area contributed by atoms with Crippen LogP contribution in [0.1, 0.15) is 18.1 Å². The van der Waals surface area contributed by atoms with Crippen molar-refractivity contribution in [2.45, 2.75) is 20.0 Å². The zero-order chi connectivity index (χ0) is 13.8. The number of aryl methyl sites for hydroxylation is 1. The zero-order valence-corrected chi connectivity index (χ0v) is 11.9. The van der Waals surface area contributed by atoms with E-state index >= 15 is 0 Å². The zero-order valence-electron chi connectivity index (χ0n) is 10.4. The summed E-state index contributed by atoms with van der Waals surface area (Å²) in [7, 11) is 0. The number of halogens is 2. The minimum Gasteiger partial charge on any atom is -0.438 e. The van der Waals surface area contributed by atoms with Crippen LogP contribution in [-0.2, 0) is 13.0 Å². The predicted molar refractivity (Wildman–Crippen MR) is 76.1 cm³/mol. The summed E-state index contributed by atoms with van der Waals surface area (Å²) in [6, 6.07) is 7.03. The molecule has 1 aromatic carbocycles. The van der Waals surface area contributed by atoms with Crippen molar-refractivity contribution >= 4 is 23.2 Å². The van der Waals surface area contributed by atoms with Crippen LogP contribution in [-0.4, -0.2) is 10.1 Å². The van der Waals surface area contributed by atoms with Crippen LogP contribution in [0.2, 0.25) is 10.0 Å².